The highest BCUT2D eigenvalue weighted by Crippen LogP contribution is 2.27. The topological polar surface area (TPSA) is 58.0 Å². The molecule has 1 amide bonds. The first-order valence-electron chi connectivity index (χ1n) is 8.70. The summed E-state index contributed by atoms with van der Waals surface area (Å²) in [4.78, 5) is 17.1. The van der Waals surface area contributed by atoms with E-state index in [4.69, 9.17) is 20.8 Å². The smallest absolute Gasteiger partial charge is 0.241 e. The molecule has 1 atom stereocenters. The van der Waals surface area contributed by atoms with Gasteiger partial charge in [-0.2, -0.15) is 0 Å². The molecule has 1 aliphatic heterocycles. The summed E-state index contributed by atoms with van der Waals surface area (Å²) in [5.74, 6) is 1.52. The van der Waals surface area contributed by atoms with Gasteiger partial charge in [0.25, 0.3) is 0 Å². The molecule has 0 spiro atoms. The lowest BCUT2D eigenvalue weighted by Crippen LogP contribution is -2.52. The van der Waals surface area contributed by atoms with Crippen LogP contribution in [0.3, 0.4) is 0 Å². The van der Waals surface area contributed by atoms with Crippen molar-refractivity contribution in [3.05, 3.63) is 47.4 Å². The Morgan fingerprint density at radius 1 is 1.31 bits per heavy atom. The quantitative estimate of drug-likeness (QED) is 0.838. The van der Waals surface area contributed by atoms with Crippen molar-refractivity contribution < 1.29 is 13.9 Å². The van der Waals surface area contributed by atoms with Gasteiger partial charge in [-0.1, -0.05) is 11.6 Å². The van der Waals surface area contributed by atoms with E-state index >= 15 is 0 Å². The molecule has 0 aliphatic carbocycles. The molecule has 0 radical (unpaired) electrons. The molecule has 1 aliphatic rings. The van der Waals surface area contributed by atoms with Crippen LogP contribution in [0.1, 0.15) is 12.7 Å². The number of rotatable bonds is 6. The zero-order valence-corrected chi connectivity index (χ0v) is 15.8. The fraction of sp³-hybridized carbons (Fsp3) is 0.421. The molecule has 26 heavy (non-hydrogen) atoms. The van der Waals surface area contributed by atoms with Crippen LogP contribution >= 0.6 is 11.6 Å². The molecule has 0 bridgehead atoms. The van der Waals surface area contributed by atoms with Crippen molar-refractivity contribution >= 4 is 23.2 Å². The maximum absolute atomic E-state index is 12.6. The molecule has 1 saturated heterocycles. The van der Waals surface area contributed by atoms with Crippen LogP contribution in [0, 0.1) is 0 Å². The van der Waals surface area contributed by atoms with E-state index in [0.717, 1.165) is 38.5 Å². The third-order valence-electron chi connectivity index (χ3n) is 4.71. The Bertz CT molecular complexity index is 728. The Morgan fingerprint density at radius 3 is 2.69 bits per heavy atom. The summed E-state index contributed by atoms with van der Waals surface area (Å²) in [6.45, 7) is 6.26. The van der Waals surface area contributed by atoms with E-state index < -0.39 is 0 Å². The molecule has 0 saturated carbocycles. The number of carbonyl (C=O) groups excluding carboxylic acids is 1. The number of methoxy groups -OCH3 is 1. The molecule has 140 valence electrons. The summed E-state index contributed by atoms with van der Waals surface area (Å²) in [7, 11) is 1.56. The Morgan fingerprint density at radius 2 is 2.08 bits per heavy atom. The Hall–Kier alpha value is -2.02. The number of benzene rings is 1. The van der Waals surface area contributed by atoms with E-state index in [1.807, 2.05) is 19.1 Å². The van der Waals surface area contributed by atoms with Crippen LogP contribution in [0.15, 0.2) is 41.0 Å². The Labute approximate surface area is 158 Å². The molecule has 1 fully saturated rings. The number of nitrogens with zero attached hydrogens (tertiary/aromatic N) is 2. The van der Waals surface area contributed by atoms with Gasteiger partial charge in [-0.05, 0) is 37.3 Å². The number of nitrogens with one attached hydrogen (secondary N) is 1. The van der Waals surface area contributed by atoms with Gasteiger partial charge in [0.2, 0.25) is 5.91 Å². The maximum Gasteiger partial charge on any atom is 0.241 e. The van der Waals surface area contributed by atoms with Crippen molar-refractivity contribution in [1.82, 2.24) is 9.80 Å². The Kier molecular flexibility index (Phi) is 6.19. The minimum absolute atomic E-state index is 0.0364. The first kappa shape index (κ1) is 18.8. The van der Waals surface area contributed by atoms with Crippen LogP contribution in [-0.4, -0.2) is 55.0 Å². The summed E-state index contributed by atoms with van der Waals surface area (Å²) in [6.07, 6.45) is 1.70. The van der Waals surface area contributed by atoms with Gasteiger partial charge < -0.3 is 14.5 Å². The first-order chi connectivity index (χ1) is 12.6. The number of hydrogen-bond acceptors (Lipinski definition) is 5. The van der Waals surface area contributed by atoms with Crippen LogP contribution in [0.5, 0.6) is 5.75 Å². The van der Waals surface area contributed by atoms with E-state index in [2.05, 4.69) is 15.1 Å². The van der Waals surface area contributed by atoms with Crippen molar-refractivity contribution in [2.45, 2.75) is 19.5 Å². The zero-order valence-electron chi connectivity index (χ0n) is 15.1. The lowest BCUT2D eigenvalue weighted by molar-refractivity contribution is -0.121. The van der Waals surface area contributed by atoms with Gasteiger partial charge in [-0.15, -0.1) is 0 Å². The third-order valence-corrected chi connectivity index (χ3v) is 5.01. The van der Waals surface area contributed by atoms with E-state index in [0.29, 0.717) is 16.5 Å². The molecule has 3 rings (SSSR count). The number of piperazine rings is 1. The van der Waals surface area contributed by atoms with Crippen LogP contribution in [0.2, 0.25) is 5.02 Å². The Balaban J connectivity index is 1.50. The monoisotopic (exact) mass is 377 g/mol. The van der Waals surface area contributed by atoms with E-state index in [1.165, 1.54) is 0 Å². The standard InChI is InChI=1S/C19H24ClN3O3/c1-14(19(24)21-15-5-6-18(25-2)17(20)12-15)23-9-7-22(8-10-23)13-16-4-3-11-26-16/h3-6,11-12,14H,7-10,13H2,1-2H3,(H,21,24). The minimum atomic E-state index is -0.207. The number of furan rings is 1. The van der Waals surface area contributed by atoms with Crippen molar-refractivity contribution in [2.24, 2.45) is 0 Å². The van der Waals surface area contributed by atoms with Crippen molar-refractivity contribution in [3.8, 4) is 5.75 Å². The summed E-state index contributed by atoms with van der Waals surface area (Å²) in [5, 5.41) is 3.41. The van der Waals surface area contributed by atoms with Gasteiger partial charge in [0.15, 0.2) is 0 Å². The van der Waals surface area contributed by atoms with E-state index in [1.54, 1.807) is 31.6 Å². The summed E-state index contributed by atoms with van der Waals surface area (Å²) in [5.41, 5.74) is 0.670. The molecule has 1 aromatic heterocycles. The molecule has 2 heterocycles. The predicted octanol–water partition coefficient (Wildman–Crippen LogP) is 3.09. The highest BCUT2D eigenvalue weighted by molar-refractivity contribution is 6.32. The molecule has 1 N–H and O–H groups in total. The normalized spacial score (nSPS) is 17.0. The molecular weight excluding hydrogens is 354 g/mol. The molecule has 2 aromatic rings. The predicted molar refractivity (Wildman–Crippen MR) is 102 cm³/mol. The van der Waals surface area contributed by atoms with Gasteiger partial charge >= 0.3 is 0 Å². The maximum atomic E-state index is 12.6. The molecule has 1 aromatic carbocycles. The van der Waals surface area contributed by atoms with Crippen molar-refractivity contribution in [1.29, 1.82) is 0 Å². The van der Waals surface area contributed by atoms with Crippen LogP contribution < -0.4 is 10.1 Å². The SMILES string of the molecule is COc1ccc(NC(=O)C(C)N2CCN(Cc3ccco3)CC2)cc1Cl. The molecular formula is C19H24ClN3O3. The largest absolute Gasteiger partial charge is 0.495 e. The third kappa shape index (κ3) is 4.58. The zero-order chi connectivity index (χ0) is 18.5. The first-order valence-corrected chi connectivity index (χ1v) is 9.08. The highest BCUT2D eigenvalue weighted by Gasteiger charge is 2.26. The van der Waals surface area contributed by atoms with Crippen molar-refractivity contribution in [3.63, 3.8) is 0 Å². The van der Waals surface area contributed by atoms with Gasteiger partial charge in [0.1, 0.15) is 11.5 Å². The second kappa shape index (κ2) is 8.58. The molecule has 1 unspecified atom stereocenters. The number of ether oxygens (including phenoxy) is 1. The fourth-order valence-electron chi connectivity index (χ4n) is 3.09. The van der Waals surface area contributed by atoms with Gasteiger partial charge in [-0.25, -0.2) is 0 Å². The van der Waals surface area contributed by atoms with E-state index in [9.17, 15) is 4.79 Å². The van der Waals surface area contributed by atoms with Crippen LogP contribution in [-0.2, 0) is 11.3 Å². The number of anilines is 1. The van der Waals surface area contributed by atoms with Crippen LogP contribution in [0.4, 0.5) is 5.69 Å². The van der Waals surface area contributed by atoms with Crippen molar-refractivity contribution in [2.75, 3.05) is 38.6 Å². The number of hydrogen-bond donors (Lipinski definition) is 1. The van der Waals surface area contributed by atoms with Crippen LogP contribution in [0.25, 0.3) is 0 Å². The lowest BCUT2D eigenvalue weighted by atomic mass is 10.2. The number of carbonyl (C=O) groups is 1. The second-order valence-electron chi connectivity index (χ2n) is 6.41. The molecule has 7 heteroatoms. The summed E-state index contributed by atoms with van der Waals surface area (Å²) in [6, 6.07) is 8.92. The number of amides is 1. The second-order valence-corrected chi connectivity index (χ2v) is 6.81. The summed E-state index contributed by atoms with van der Waals surface area (Å²) >= 11 is 6.12. The van der Waals surface area contributed by atoms with Gasteiger partial charge in [0.05, 0.1) is 31.0 Å². The average Bonchev–Trinajstić information content (AvgIpc) is 3.15. The van der Waals surface area contributed by atoms with E-state index in [-0.39, 0.29) is 11.9 Å². The molecule has 6 nitrogen and oxygen atoms in total. The summed E-state index contributed by atoms with van der Waals surface area (Å²) < 4.78 is 10.5. The van der Waals surface area contributed by atoms with Gasteiger partial charge in [0, 0.05) is 31.9 Å². The highest BCUT2D eigenvalue weighted by atomic mass is 35.5. The average molecular weight is 378 g/mol. The van der Waals surface area contributed by atoms with Gasteiger partial charge in [-0.3, -0.25) is 14.6 Å². The fourth-order valence-corrected chi connectivity index (χ4v) is 3.35. The lowest BCUT2D eigenvalue weighted by Gasteiger charge is -2.37. The minimum Gasteiger partial charge on any atom is -0.495 e. The number of halogens is 1.